The van der Waals surface area contributed by atoms with Crippen molar-refractivity contribution in [1.29, 1.82) is 0 Å². The van der Waals surface area contributed by atoms with Gasteiger partial charge in [-0.1, -0.05) is 19.4 Å². The molecule has 0 aliphatic carbocycles. The number of hydrogen-bond donors (Lipinski definition) is 0. The molecule has 0 aromatic heterocycles. The van der Waals surface area contributed by atoms with Crippen molar-refractivity contribution in [1.82, 2.24) is 0 Å². The third-order valence-electron chi connectivity index (χ3n) is 3.26. The summed E-state index contributed by atoms with van der Waals surface area (Å²) in [4.78, 5) is 0. The third-order valence-corrected chi connectivity index (χ3v) is 3.26. The SMILES string of the molecule is CCCC1OCCc2ccc3c(c21)OC(F)(F)O3. The lowest BCUT2D eigenvalue weighted by molar-refractivity contribution is -0.287. The van der Waals surface area contributed by atoms with Crippen LogP contribution in [0.25, 0.3) is 0 Å². The van der Waals surface area contributed by atoms with Gasteiger partial charge in [0.25, 0.3) is 0 Å². The van der Waals surface area contributed by atoms with Crippen LogP contribution in [0.15, 0.2) is 12.1 Å². The Morgan fingerprint density at radius 2 is 2.17 bits per heavy atom. The molecule has 0 radical (unpaired) electrons. The highest BCUT2D eigenvalue weighted by Crippen LogP contribution is 2.49. The van der Waals surface area contributed by atoms with Gasteiger partial charge < -0.3 is 14.2 Å². The van der Waals surface area contributed by atoms with E-state index in [-0.39, 0.29) is 17.6 Å². The van der Waals surface area contributed by atoms with E-state index in [0.29, 0.717) is 6.61 Å². The summed E-state index contributed by atoms with van der Waals surface area (Å²) in [6.45, 7) is 2.65. The zero-order valence-electron chi connectivity index (χ0n) is 10.0. The van der Waals surface area contributed by atoms with Crippen LogP contribution in [0, 0.1) is 0 Å². The van der Waals surface area contributed by atoms with Crippen LogP contribution in [0.1, 0.15) is 37.0 Å². The van der Waals surface area contributed by atoms with Crippen molar-refractivity contribution in [2.75, 3.05) is 6.61 Å². The molecule has 3 rings (SSSR count). The molecule has 0 spiro atoms. The Hall–Kier alpha value is -1.36. The maximum absolute atomic E-state index is 13.1. The number of hydrogen-bond acceptors (Lipinski definition) is 3. The second kappa shape index (κ2) is 4.09. The van der Waals surface area contributed by atoms with Gasteiger partial charge in [0.2, 0.25) is 0 Å². The molecular weight excluding hydrogens is 242 g/mol. The molecule has 2 heterocycles. The molecular formula is C13H14F2O3. The Labute approximate surface area is 104 Å². The molecule has 98 valence electrons. The molecule has 18 heavy (non-hydrogen) atoms. The molecule has 0 N–H and O–H groups in total. The molecule has 1 atom stereocenters. The number of halogens is 2. The van der Waals surface area contributed by atoms with Crippen LogP contribution in [-0.4, -0.2) is 12.9 Å². The first-order valence-corrected chi connectivity index (χ1v) is 6.14. The largest absolute Gasteiger partial charge is 0.586 e. The van der Waals surface area contributed by atoms with Crippen LogP contribution in [0.2, 0.25) is 0 Å². The standard InChI is InChI=1S/C13H14F2O3/c1-2-3-9-11-8(6-7-16-9)4-5-10-12(11)18-13(14,15)17-10/h4-5,9H,2-3,6-7H2,1H3. The average Bonchev–Trinajstić information content (AvgIpc) is 2.64. The van der Waals surface area contributed by atoms with E-state index in [1.807, 2.05) is 13.0 Å². The number of fused-ring (bicyclic) bond motifs is 3. The van der Waals surface area contributed by atoms with Gasteiger partial charge >= 0.3 is 6.29 Å². The van der Waals surface area contributed by atoms with E-state index in [0.717, 1.165) is 30.4 Å². The summed E-state index contributed by atoms with van der Waals surface area (Å²) in [5, 5.41) is 0. The third kappa shape index (κ3) is 1.82. The van der Waals surface area contributed by atoms with E-state index < -0.39 is 6.29 Å². The van der Waals surface area contributed by atoms with E-state index in [4.69, 9.17) is 4.74 Å². The van der Waals surface area contributed by atoms with Crippen molar-refractivity contribution in [3.8, 4) is 11.5 Å². The molecule has 5 heteroatoms. The fraction of sp³-hybridized carbons (Fsp3) is 0.538. The average molecular weight is 256 g/mol. The summed E-state index contributed by atoms with van der Waals surface area (Å²) in [7, 11) is 0. The van der Waals surface area contributed by atoms with Gasteiger partial charge in [0.1, 0.15) is 0 Å². The van der Waals surface area contributed by atoms with Crippen LogP contribution in [0.5, 0.6) is 11.5 Å². The molecule has 1 aromatic rings. The molecule has 0 bridgehead atoms. The van der Waals surface area contributed by atoms with E-state index in [1.165, 1.54) is 0 Å². The highest BCUT2D eigenvalue weighted by molar-refractivity contribution is 5.54. The van der Waals surface area contributed by atoms with Gasteiger partial charge in [-0.15, -0.1) is 8.78 Å². The number of rotatable bonds is 2. The maximum atomic E-state index is 13.1. The maximum Gasteiger partial charge on any atom is 0.586 e. The molecule has 0 saturated carbocycles. The summed E-state index contributed by atoms with van der Waals surface area (Å²) >= 11 is 0. The van der Waals surface area contributed by atoms with Crippen LogP contribution < -0.4 is 9.47 Å². The lowest BCUT2D eigenvalue weighted by atomic mass is 9.93. The Balaban J connectivity index is 2.06. The summed E-state index contributed by atoms with van der Waals surface area (Å²) in [5.41, 5.74) is 1.75. The number of benzene rings is 1. The van der Waals surface area contributed by atoms with E-state index in [9.17, 15) is 8.78 Å². The van der Waals surface area contributed by atoms with Crippen molar-refractivity contribution in [3.63, 3.8) is 0 Å². The minimum atomic E-state index is -3.56. The predicted octanol–water partition coefficient (Wildman–Crippen LogP) is 3.42. The Morgan fingerprint density at radius 3 is 2.94 bits per heavy atom. The minimum Gasteiger partial charge on any atom is -0.395 e. The van der Waals surface area contributed by atoms with Gasteiger partial charge in [0.05, 0.1) is 12.7 Å². The molecule has 2 aliphatic heterocycles. The molecule has 1 aromatic carbocycles. The first-order valence-electron chi connectivity index (χ1n) is 6.14. The van der Waals surface area contributed by atoms with Gasteiger partial charge in [-0.05, 0) is 24.5 Å². The minimum absolute atomic E-state index is 0.102. The highest BCUT2D eigenvalue weighted by atomic mass is 19.3. The molecule has 2 aliphatic rings. The predicted molar refractivity (Wildman–Crippen MR) is 60.0 cm³/mol. The summed E-state index contributed by atoms with van der Waals surface area (Å²) in [6.07, 6.45) is -1.31. The van der Waals surface area contributed by atoms with Gasteiger partial charge in [0, 0.05) is 5.56 Å². The second-order valence-corrected chi connectivity index (χ2v) is 4.53. The normalized spacial score (nSPS) is 23.8. The molecule has 3 nitrogen and oxygen atoms in total. The van der Waals surface area contributed by atoms with Gasteiger partial charge in [0.15, 0.2) is 11.5 Å². The topological polar surface area (TPSA) is 27.7 Å². The number of ether oxygens (including phenoxy) is 3. The van der Waals surface area contributed by atoms with Crippen molar-refractivity contribution >= 4 is 0 Å². The van der Waals surface area contributed by atoms with Gasteiger partial charge in [-0.2, -0.15) is 0 Å². The van der Waals surface area contributed by atoms with Crippen molar-refractivity contribution in [2.45, 2.75) is 38.6 Å². The summed E-state index contributed by atoms with van der Waals surface area (Å²) < 4.78 is 41.0. The fourth-order valence-corrected chi connectivity index (χ4v) is 2.53. The lowest BCUT2D eigenvalue weighted by Crippen LogP contribution is -2.26. The fourth-order valence-electron chi connectivity index (χ4n) is 2.53. The zero-order valence-corrected chi connectivity index (χ0v) is 10.0. The Kier molecular flexibility index (Phi) is 2.66. The zero-order chi connectivity index (χ0) is 12.8. The summed E-state index contributed by atoms with van der Waals surface area (Å²) in [6, 6.07) is 3.37. The second-order valence-electron chi connectivity index (χ2n) is 4.53. The molecule has 0 fully saturated rings. The van der Waals surface area contributed by atoms with Crippen LogP contribution in [0.4, 0.5) is 8.78 Å². The molecule has 0 amide bonds. The summed E-state index contributed by atoms with van der Waals surface area (Å²) in [5.74, 6) is 0.251. The first-order chi connectivity index (χ1) is 8.61. The molecule has 0 saturated heterocycles. The highest BCUT2D eigenvalue weighted by Gasteiger charge is 2.46. The smallest absolute Gasteiger partial charge is 0.395 e. The quantitative estimate of drug-likeness (QED) is 0.811. The Bertz CT molecular complexity index is 474. The van der Waals surface area contributed by atoms with Crippen LogP contribution >= 0.6 is 0 Å². The van der Waals surface area contributed by atoms with E-state index in [1.54, 1.807) is 6.07 Å². The van der Waals surface area contributed by atoms with E-state index in [2.05, 4.69) is 9.47 Å². The van der Waals surface area contributed by atoms with E-state index >= 15 is 0 Å². The van der Waals surface area contributed by atoms with Crippen LogP contribution in [0.3, 0.4) is 0 Å². The van der Waals surface area contributed by atoms with Crippen molar-refractivity contribution in [3.05, 3.63) is 23.3 Å². The monoisotopic (exact) mass is 256 g/mol. The van der Waals surface area contributed by atoms with Crippen molar-refractivity contribution in [2.24, 2.45) is 0 Å². The van der Waals surface area contributed by atoms with Crippen molar-refractivity contribution < 1.29 is 23.0 Å². The Morgan fingerprint density at radius 1 is 1.33 bits per heavy atom. The molecule has 1 unspecified atom stereocenters. The lowest BCUT2D eigenvalue weighted by Gasteiger charge is -2.26. The first kappa shape index (κ1) is 11.7. The number of alkyl halides is 2. The van der Waals surface area contributed by atoms with Gasteiger partial charge in [-0.3, -0.25) is 0 Å². The van der Waals surface area contributed by atoms with Gasteiger partial charge in [-0.25, -0.2) is 0 Å². The van der Waals surface area contributed by atoms with Crippen LogP contribution in [-0.2, 0) is 11.2 Å².